The third kappa shape index (κ3) is 5.74. The molecule has 23 heavy (non-hydrogen) atoms. The molecule has 0 atom stereocenters. The molecule has 0 saturated heterocycles. The maximum atomic E-state index is 11.7. The average Bonchev–Trinajstić information content (AvgIpc) is 3.01. The van der Waals surface area contributed by atoms with E-state index in [0.29, 0.717) is 5.16 Å². The molecule has 2 amide bonds. The van der Waals surface area contributed by atoms with E-state index < -0.39 is 12.0 Å². The van der Waals surface area contributed by atoms with Gasteiger partial charge in [0.2, 0.25) is 11.1 Å². The molecule has 0 aliphatic carbocycles. The largest absolute Gasteiger partial charge is 0.444 e. The SMILES string of the molecule is CC(C)c1nc(SCC(=O)NC(=O)OCc2ccccc2)n[nH]1. The predicted molar refractivity (Wildman–Crippen MR) is 86.0 cm³/mol. The number of benzene rings is 1. The summed E-state index contributed by atoms with van der Waals surface area (Å²) in [6, 6.07) is 9.24. The van der Waals surface area contributed by atoms with E-state index in [4.69, 9.17) is 4.74 Å². The summed E-state index contributed by atoms with van der Waals surface area (Å²) in [5.41, 5.74) is 0.853. The highest BCUT2D eigenvalue weighted by molar-refractivity contribution is 7.99. The van der Waals surface area contributed by atoms with Crippen LogP contribution in [0.15, 0.2) is 35.5 Å². The minimum atomic E-state index is -0.766. The lowest BCUT2D eigenvalue weighted by molar-refractivity contribution is -0.117. The normalized spacial score (nSPS) is 10.6. The fraction of sp³-hybridized carbons (Fsp3) is 0.333. The second-order valence-corrected chi connectivity index (χ2v) is 6.00. The monoisotopic (exact) mass is 334 g/mol. The van der Waals surface area contributed by atoms with Gasteiger partial charge < -0.3 is 4.74 Å². The molecule has 0 fully saturated rings. The van der Waals surface area contributed by atoms with E-state index in [2.05, 4.69) is 20.5 Å². The molecule has 122 valence electrons. The number of H-pyrrole nitrogens is 1. The van der Waals surface area contributed by atoms with Crippen LogP contribution in [0.2, 0.25) is 0 Å². The second kappa shape index (κ2) is 8.33. The van der Waals surface area contributed by atoms with Crippen molar-refractivity contribution in [3.05, 3.63) is 41.7 Å². The van der Waals surface area contributed by atoms with Crippen LogP contribution in [-0.4, -0.2) is 32.9 Å². The van der Waals surface area contributed by atoms with Gasteiger partial charge in [-0.15, -0.1) is 5.10 Å². The van der Waals surface area contributed by atoms with Crippen LogP contribution in [0.5, 0.6) is 0 Å². The van der Waals surface area contributed by atoms with Gasteiger partial charge in [-0.05, 0) is 5.56 Å². The van der Waals surface area contributed by atoms with Crippen LogP contribution >= 0.6 is 11.8 Å². The Morgan fingerprint density at radius 1 is 1.30 bits per heavy atom. The molecule has 2 rings (SSSR count). The van der Waals surface area contributed by atoms with Gasteiger partial charge in [0.05, 0.1) is 5.75 Å². The van der Waals surface area contributed by atoms with Crippen molar-refractivity contribution in [2.24, 2.45) is 0 Å². The molecule has 2 N–H and O–H groups in total. The molecule has 0 radical (unpaired) electrons. The number of rotatable bonds is 6. The molecule has 0 spiro atoms. The number of hydrogen-bond donors (Lipinski definition) is 2. The highest BCUT2D eigenvalue weighted by Gasteiger charge is 2.12. The van der Waals surface area contributed by atoms with Crippen LogP contribution < -0.4 is 5.32 Å². The summed E-state index contributed by atoms with van der Waals surface area (Å²) in [6.07, 6.45) is -0.766. The van der Waals surface area contributed by atoms with E-state index in [9.17, 15) is 9.59 Å². The Kier molecular flexibility index (Phi) is 6.16. The molecular formula is C15H18N4O3S. The van der Waals surface area contributed by atoms with Crippen LogP contribution in [-0.2, 0) is 16.1 Å². The lowest BCUT2D eigenvalue weighted by Gasteiger charge is -2.05. The van der Waals surface area contributed by atoms with Gasteiger partial charge in [0.15, 0.2) is 0 Å². The minimum absolute atomic E-state index is 0.0375. The van der Waals surface area contributed by atoms with Gasteiger partial charge in [0, 0.05) is 5.92 Å². The van der Waals surface area contributed by atoms with Crippen molar-refractivity contribution in [2.45, 2.75) is 31.5 Å². The minimum Gasteiger partial charge on any atom is -0.444 e. The van der Waals surface area contributed by atoms with Crippen LogP contribution in [0, 0.1) is 0 Å². The predicted octanol–water partition coefficient (Wildman–Crippen LogP) is 2.47. The number of amides is 2. The summed E-state index contributed by atoms with van der Waals surface area (Å²) in [6.45, 7) is 4.10. The topological polar surface area (TPSA) is 97.0 Å². The fourth-order valence-electron chi connectivity index (χ4n) is 1.62. The summed E-state index contributed by atoms with van der Waals surface area (Å²) in [7, 11) is 0. The first kappa shape index (κ1) is 17.0. The number of nitrogens with zero attached hydrogens (tertiary/aromatic N) is 2. The molecule has 1 aromatic carbocycles. The number of aromatic amines is 1. The number of ether oxygens (including phenoxy) is 1. The quantitative estimate of drug-likeness (QED) is 0.788. The Labute approximate surface area is 138 Å². The van der Waals surface area contributed by atoms with Crippen molar-refractivity contribution in [2.75, 3.05) is 5.75 Å². The Morgan fingerprint density at radius 3 is 2.70 bits per heavy atom. The Balaban J connectivity index is 1.70. The number of alkyl carbamates (subject to hydrolysis) is 1. The van der Waals surface area contributed by atoms with E-state index in [1.54, 1.807) is 0 Å². The van der Waals surface area contributed by atoms with Crippen molar-refractivity contribution in [3.8, 4) is 0 Å². The smallest absolute Gasteiger partial charge is 0.414 e. The zero-order chi connectivity index (χ0) is 16.7. The zero-order valence-electron chi connectivity index (χ0n) is 12.9. The highest BCUT2D eigenvalue weighted by atomic mass is 32.2. The van der Waals surface area contributed by atoms with Crippen molar-refractivity contribution < 1.29 is 14.3 Å². The first-order valence-corrected chi connectivity index (χ1v) is 8.09. The van der Waals surface area contributed by atoms with E-state index in [1.807, 2.05) is 44.2 Å². The van der Waals surface area contributed by atoms with Crippen molar-refractivity contribution >= 4 is 23.8 Å². The van der Waals surface area contributed by atoms with E-state index >= 15 is 0 Å². The van der Waals surface area contributed by atoms with Crippen LogP contribution in [0.3, 0.4) is 0 Å². The van der Waals surface area contributed by atoms with E-state index in [1.165, 1.54) is 0 Å². The lowest BCUT2D eigenvalue weighted by Crippen LogP contribution is -2.32. The molecule has 2 aromatic rings. The molecule has 0 bridgehead atoms. The van der Waals surface area contributed by atoms with Crippen molar-refractivity contribution in [3.63, 3.8) is 0 Å². The summed E-state index contributed by atoms with van der Waals surface area (Å²) in [5.74, 6) is 0.577. The van der Waals surface area contributed by atoms with Crippen molar-refractivity contribution in [1.29, 1.82) is 0 Å². The molecule has 7 nitrogen and oxygen atoms in total. The maximum Gasteiger partial charge on any atom is 0.414 e. The lowest BCUT2D eigenvalue weighted by atomic mass is 10.2. The van der Waals surface area contributed by atoms with Crippen LogP contribution in [0.1, 0.15) is 31.2 Å². The van der Waals surface area contributed by atoms with Gasteiger partial charge in [-0.1, -0.05) is 55.9 Å². The van der Waals surface area contributed by atoms with Gasteiger partial charge in [0.1, 0.15) is 12.4 Å². The molecule has 0 saturated carbocycles. The Morgan fingerprint density at radius 2 is 2.04 bits per heavy atom. The van der Waals surface area contributed by atoms with Gasteiger partial charge in [0.25, 0.3) is 0 Å². The highest BCUT2D eigenvalue weighted by Crippen LogP contribution is 2.15. The zero-order valence-corrected chi connectivity index (χ0v) is 13.7. The first-order chi connectivity index (χ1) is 11.0. The van der Waals surface area contributed by atoms with Crippen LogP contribution in [0.4, 0.5) is 4.79 Å². The third-order valence-electron chi connectivity index (χ3n) is 2.82. The number of imide groups is 1. The standard InChI is InChI=1S/C15H18N4O3S/c1-10(2)13-17-14(19-18-13)23-9-12(20)16-15(21)22-8-11-6-4-3-5-7-11/h3-7,10H,8-9H2,1-2H3,(H,16,20,21)(H,17,18,19). The molecule has 1 aromatic heterocycles. The number of hydrogen-bond acceptors (Lipinski definition) is 6. The first-order valence-electron chi connectivity index (χ1n) is 7.10. The number of aromatic nitrogens is 3. The number of thioether (sulfide) groups is 1. The summed E-state index contributed by atoms with van der Waals surface area (Å²) in [5, 5.41) is 9.44. The number of nitrogens with one attached hydrogen (secondary N) is 2. The van der Waals surface area contributed by atoms with Crippen molar-refractivity contribution in [1.82, 2.24) is 20.5 Å². The van der Waals surface area contributed by atoms with Gasteiger partial charge in [-0.3, -0.25) is 15.2 Å². The summed E-state index contributed by atoms with van der Waals surface area (Å²) in [4.78, 5) is 27.4. The van der Waals surface area contributed by atoms with Gasteiger partial charge >= 0.3 is 6.09 Å². The van der Waals surface area contributed by atoms with Crippen LogP contribution in [0.25, 0.3) is 0 Å². The molecule has 8 heteroatoms. The molecule has 0 aliphatic heterocycles. The summed E-state index contributed by atoms with van der Waals surface area (Å²) >= 11 is 1.15. The molecule has 0 aliphatic rings. The van der Waals surface area contributed by atoms with Gasteiger partial charge in [-0.25, -0.2) is 9.78 Å². The molecule has 0 unspecified atom stereocenters. The second-order valence-electron chi connectivity index (χ2n) is 5.06. The molecular weight excluding hydrogens is 316 g/mol. The number of carbonyl (C=O) groups is 2. The van der Waals surface area contributed by atoms with E-state index in [-0.39, 0.29) is 18.3 Å². The summed E-state index contributed by atoms with van der Waals surface area (Å²) < 4.78 is 4.97. The fourth-order valence-corrected chi connectivity index (χ4v) is 2.23. The number of carbonyl (C=O) groups excluding carboxylic acids is 2. The third-order valence-corrected chi connectivity index (χ3v) is 3.66. The Hall–Kier alpha value is -2.35. The van der Waals surface area contributed by atoms with Gasteiger partial charge in [-0.2, -0.15) is 0 Å². The molecule has 1 heterocycles. The Bertz CT molecular complexity index is 658. The maximum absolute atomic E-state index is 11.7. The average molecular weight is 334 g/mol. The van der Waals surface area contributed by atoms with E-state index in [0.717, 1.165) is 23.1 Å².